The topological polar surface area (TPSA) is 21.3 Å². The predicted molar refractivity (Wildman–Crippen MR) is 62.9 cm³/mol. The van der Waals surface area contributed by atoms with Crippen molar-refractivity contribution in [3.05, 3.63) is 29.8 Å². The van der Waals surface area contributed by atoms with Crippen LogP contribution in [0.15, 0.2) is 24.3 Å². The fraction of sp³-hybridized carbons (Fsp3) is 0.385. The molecule has 80 valence electrons. The first-order chi connectivity index (χ1) is 7.27. The molecule has 0 amide bonds. The lowest BCUT2D eigenvalue weighted by Gasteiger charge is -2.11. The van der Waals surface area contributed by atoms with Crippen LogP contribution in [0.4, 0.5) is 0 Å². The Labute approximate surface area is 91.6 Å². The third-order valence-electron chi connectivity index (χ3n) is 2.28. The van der Waals surface area contributed by atoms with Crippen molar-refractivity contribution in [2.24, 2.45) is 0 Å². The Kier molecular flexibility index (Phi) is 4.73. The summed E-state index contributed by atoms with van der Waals surface area (Å²) in [6.45, 7) is 4.38. The molecular formula is C13H17NO. The lowest BCUT2D eigenvalue weighted by Crippen LogP contribution is -2.12. The van der Waals surface area contributed by atoms with Crippen LogP contribution in [0.25, 0.3) is 0 Å². The van der Waals surface area contributed by atoms with Gasteiger partial charge >= 0.3 is 0 Å². The first-order valence-electron chi connectivity index (χ1n) is 5.07. The van der Waals surface area contributed by atoms with Gasteiger partial charge in [0.2, 0.25) is 0 Å². The Balaban J connectivity index is 2.68. The third kappa shape index (κ3) is 3.65. The maximum absolute atomic E-state index is 5.48. The van der Waals surface area contributed by atoms with E-state index >= 15 is 0 Å². The molecule has 0 aliphatic rings. The van der Waals surface area contributed by atoms with Gasteiger partial charge in [0, 0.05) is 6.04 Å². The van der Waals surface area contributed by atoms with Crippen molar-refractivity contribution in [1.29, 1.82) is 0 Å². The summed E-state index contributed by atoms with van der Waals surface area (Å²) < 4.78 is 5.48. The maximum atomic E-state index is 5.48. The average Bonchev–Trinajstić information content (AvgIpc) is 2.29. The largest absolute Gasteiger partial charge is 0.481 e. The standard InChI is InChI=1S/C13H17NO/c1-4-5-9-15-13-8-6-7-12(10-13)11(2)14-3/h6-8,10-11,14H,9H2,1-3H3. The normalized spacial score (nSPS) is 11.4. The van der Waals surface area contributed by atoms with E-state index in [1.807, 2.05) is 32.2 Å². The summed E-state index contributed by atoms with van der Waals surface area (Å²) >= 11 is 0. The number of rotatable bonds is 4. The van der Waals surface area contributed by atoms with E-state index in [1.54, 1.807) is 0 Å². The molecule has 0 aliphatic heterocycles. The Morgan fingerprint density at radius 2 is 2.27 bits per heavy atom. The fourth-order valence-electron chi connectivity index (χ4n) is 1.23. The van der Waals surface area contributed by atoms with E-state index in [0.29, 0.717) is 12.6 Å². The maximum Gasteiger partial charge on any atom is 0.149 e. The average molecular weight is 203 g/mol. The smallest absolute Gasteiger partial charge is 0.149 e. The second-order valence-corrected chi connectivity index (χ2v) is 3.30. The van der Waals surface area contributed by atoms with Crippen molar-refractivity contribution >= 4 is 0 Å². The number of hydrogen-bond acceptors (Lipinski definition) is 2. The van der Waals surface area contributed by atoms with E-state index < -0.39 is 0 Å². The van der Waals surface area contributed by atoms with Gasteiger partial charge in [-0.2, -0.15) is 0 Å². The van der Waals surface area contributed by atoms with Gasteiger partial charge in [0.25, 0.3) is 0 Å². The highest BCUT2D eigenvalue weighted by atomic mass is 16.5. The van der Waals surface area contributed by atoms with Crippen LogP contribution in [0.2, 0.25) is 0 Å². The lowest BCUT2D eigenvalue weighted by atomic mass is 10.1. The van der Waals surface area contributed by atoms with Gasteiger partial charge in [-0.25, -0.2) is 0 Å². The molecule has 1 N–H and O–H groups in total. The van der Waals surface area contributed by atoms with E-state index in [9.17, 15) is 0 Å². The van der Waals surface area contributed by atoms with Gasteiger partial charge in [0.15, 0.2) is 0 Å². The molecule has 0 heterocycles. The number of ether oxygens (including phenoxy) is 1. The van der Waals surface area contributed by atoms with E-state index in [2.05, 4.69) is 30.1 Å². The third-order valence-corrected chi connectivity index (χ3v) is 2.28. The van der Waals surface area contributed by atoms with Gasteiger partial charge in [0.1, 0.15) is 12.4 Å². The van der Waals surface area contributed by atoms with Gasteiger partial charge in [-0.15, -0.1) is 5.92 Å². The van der Waals surface area contributed by atoms with Crippen molar-refractivity contribution in [2.75, 3.05) is 13.7 Å². The summed E-state index contributed by atoms with van der Waals surface area (Å²) in [6.07, 6.45) is 0. The van der Waals surface area contributed by atoms with E-state index in [1.165, 1.54) is 5.56 Å². The van der Waals surface area contributed by atoms with Crippen LogP contribution in [0.1, 0.15) is 25.5 Å². The predicted octanol–water partition coefficient (Wildman–Crippen LogP) is 2.37. The second-order valence-electron chi connectivity index (χ2n) is 3.30. The van der Waals surface area contributed by atoms with Crippen LogP contribution < -0.4 is 10.1 Å². The zero-order valence-corrected chi connectivity index (χ0v) is 9.50. The van der Waals surface area contributed by atoms with Crippen molar-refractivity contribution in [2.45, 2.75) is 19.9 Å². The van der Waals surface area contributed by atoms with E-state index in [4.69, 9.17) is 4.74 Å². The molecule has 0 saturated heterocycles. The first kappa shape index (κ1) is 11.6. The summed E-state index contributed by atoms with van der Waals surface area (Å²) in [5, 5.41) is 3.19. The molecule has 0 saturated carbocycles. The van der Waals surface area contributed by atoms with E-state index in [0.717, 1.165) is 5.75 Å². The molecule has 1 rings (SSSR count). The Bertz CT molecular complexity index is 362. The number of hydrogen-bond donors (Lipinski definition) is 1. The number of nitrogens with one attached hydrogen (secondary N) is 1. The molecule has 1 aromatic carbocycles. The van der Waals surface area contributed by atoms with Crippen LogP contribution in [0.5, 0.6) is 5.75 Å². The highest BCUT2D eigenvalue weighted by Crippen LogP contribution is 2.18. The molecule has 0 radical (unpaired) electrons. The van der Waals surface area contributed by atoms with Crippen LogP contribution in [0, 0.1) is 11.8 Å². The molecule has 1 atom stereocenters. The summed E-state index contributed by atoms with van der Waals surface area (Å²) in [7, 11) is 1.95. The highest BCUT2D eigenvalue weighted by Gasteiger charge is 2.02. The molecular weight excluding hydrogens is 186 g/mol. The SMILES string of the molecule is CC#CCOc1cccc(C(C)NC)c1. The molecule has 15 heavy (non-hydrogen) atoms. The highest BCUT2D eigenvalue weighted by molar-refractivity contribution is 5.30. The van der Waals surface area contributed by atoms with Crippen LogP contribution in [-0.2, 0) is 0 Å². The van der Waals surface area contributed by atoms with E-state index in [-0.39, 0.29) is 0 Å². The molecule has 2 heteroatoms. The minimum absolute atomic E-state index is 0.339. The van der Waals surface area contributed by atoms with Crippen LogP contribution in [0.3, 0.4) is 0 Å². The molecule has 1 aromatic rings. The second kappa shape index (κ2) is 6.10. The Morgan fingerprint density at radius 1 is 1.47 bits per heavy atom. The van der Waals surface area contributed by atoms with Gasteiger partial charge in [-0.1, -0.05) is 18.1 Å². The van der Waals surface area contributed by atoms with Gasteiger partial charge in [-0.3, -0.25) is 0 Å². The Morgan fingerprint density at radius 3 is 2.93 bits per heavy atom. The quantitative estimate of drug-likeness (QED) is 0.758. The monoisotopic (exact) mass is 203 g/mol. The molecule has 0 aliphatic carbocycles. The summed E-state index contributed by atoms with van der Waals surface area (Å²) in [5.41, 5.74) is 1.22. The minimum atomic E-state index is 0.339. The van der Waals surface area contributed by atoms with Crippen LogP contribution >= 0.6 is 0 Å². The molecule has 0 bridgehead atoms. The zero-order valence-electron chi connectivity index (χ0n) is 9.50. The van der Waals surface area contributed by atoms with Gasteiger partial charge < -0.3 is 10.1 Å². The fourth-order valence-corrected chi connectivity index (χ4v) is 1.23. The molecule has 0 fully saturated rings. The van der Waals surface area contributed by atoms with Gasteiger partial charge in [0.05, 0.1) is 0 Å². The lowest BCUT2D eigenvalue weighted by molar-refractivity contribution is 0.369. The van der Waals surface area contributed by atoms with Gasteiger partial charge in [-0.05, 0) is 38.6 Å². The minimum Gasteiger partial charge on any atom is -0.481 e. The molecule has 0 aromatic heterocycles. The zero-order chi connectivity index (χ0) is 11.1. The van der Waals surface area contributed by atoms with Crippen molar-refractivity contribution < 1.29 is 4.74 Å². The van der Waals surface area contributed by atoms with Crippen molar-refractivity contribution in [3.8, 4) is 17.6 Å². The molecule has 1 unspecified atom stereocenters. The molecule has 2 nitrogen and oxygen atoms in total. The van der Waals surface area contributed by atoms with Crippen LogP contribution in [-0.4, -0.2) is 13.7 Å². The number of benzene rings is 1. The van der Waals surface area contributed by atoms with Crippen molar-refractivity contribution in [3.63, 3.8) is 0 Å². The van der Waals surface area contributed by atoms with Crippen molar-refractivity contribution in [1.82, 2.24) is 5.32 Å². The first-order valence-corrected chi connectivity index (χ1v) is 5.07. The Hall–Kier alpha value is -1.46. The summed E-state index contributed by atoms with van der Waals surface area (Å²) in [5.74, 6) is 6.54. The summed E-state index contributed by atoms with van der Waals surface area (Å²) in [6, 6.07) is 8.41. The summed E-state index contributed by atoms with van der Waals surface area (Å²) in [4.78, 5) is 0. The molecule has 0 spiro atoms.